The van der Waals surface area contributed by atoms with Crippen LogP contribution in [0.25, 0.3) is 0 Å². The molecular weight excluding hydrogens is 246 g/mol. The summed E-state index contributed by atoms with van der Waals surface area (Å²) in [6.07, 6.45) is 4.73. The summed E-state index contributed by atoms with van der Waals surface area (Å²) in [5, 5.41) is 12.1. The van der Waals surface area contributed by atoms with Crippen molar-refractivity contribution in [3.05, 3.63) is 0 Å². The Bertz CT molecular complexity index is 344. The molecule has 0 radical (unpaired) electrons. The van der Waals surface area contributed by atoms with Gasteiger partial charge in [-0.25, -0.2) is 0 Å². The van der Waals surface area contributed by atoms with Gasteiger partial charge in [-0.2, -0.15) is 0 Å². The van der Waals surface area contributed by atoms with Crippen LogP contribution in [0.15, 0.2) is 0 Å². The maximum atomic E-state index is 12.2. The van der Waals surface area contributed by atoms with E-state index in [0.29, 0.717) is 19.4 Å². The van der Waals surface area contributed by atoms with Gasteiger partial charge in [0.1, 0.15) is 0 Å². The number of hydrogen-bond donors (Lipinski definition) is 2. The number of nitrogens with one attached hydrogen (secondary N) is 1. The molecule has 4 atom stereocenters. The summed E-state index contributed by atoms with van der Waals surface area (Å²) in [6, 6.07) is 0.182. The van der Waals surface area contributed by atoms with Crippen LogP contribution in [0.2, 0.25) is 0 Å². The van der Waals surface area contributed by atoms with E-state index in [-0.39, 0.29) is 29.9 Å². The Morgan fingerprint density at radius 3 is 2.58 bits per heavy atom. The van der Waals surface area contributed by atoms with E-state index in [9.17, 15) is 9.59 Å². The van der Waals surface area contributed by atoms with Gasteiger partial charge in [0.25, 0.3) is 0 Å². The highest BCUT2D eigenvalue weighted by Crippen LogP contribution is 2.29. The number of amides is 1. The van der Waals surface area contributed by atoms with Crippen LogP contribution in [-0.4, -0.2) is 35.7 Å². The number of carboxylic acids is 1. The van der Waals surface area contributed by atoms with E-state index in [2.05, 4.69) is 5.32 Å². The topological polar surface area (TPSA) is 75.6 Å². The molecule has 1 heterocycles. The first-order chi connectivity index (χ1) is 9.06. The van der Waals surface area contributed by atoms with Crippen molar-refractivity contribution in [2.75, 3.05) is 6.61 Å². The molecule has 2 rings (SSSR count). The lowest BCUT2D eigenvalue weighted by atomic mass is 9.81. The molecule has 2 N–H and O–H groups in total. The highest BCUT2D eigenvalue weighted by Gasteiger charge is 2.32. The second-order valence-corrected chi connectivity index (χ2v) is 5.81. The van der Waals surface area contributed by atoms with Crippen LogP contribution in [-0.2, 0) is 14.3 Å². The number of rotatable bonds is 3. The minimum absolute atomic E-state index is 0.0325. The zero-order valence-electron chi connectivity index (χ0n) is 11.4. The Kier molecular flexibility index (Phi) is 4.80. The van der Waals surface area contributed by atoms with Crippen molar-refractivity contribution < 1.29 is 19.4 Å². The first-order valence-corrected chi connectivity index (χ1v) is 7.21. The largest absolute Gasteiger partial charge is 0.481 e. The van der Waals surface area contributed by atoms with Gasteiger partial charge in [-0.1, -0.05) is 6.42 Å². The zero-order chi connectivity index (χ0) is 13.8. The summed E-state index contributed by atoms with van der Waals surface area (Å²) in [6.45, 7) is 2.70. The SMILES string of the molecule is CC1CC(NC(=O)C2CCCC(C(=O)O)C2)CCO1. The molecular formula is C14H23NO4. The van der Waals surface area contributed by atoms with E-state index >= 15 is 0 Å². The summed E-state index contributed by atoms with van der Waals surface area (Å²) in [5.74, 6) is -1.21. The van der Waals surface area contributed by atoms with Gasteiger partial charge in [0, 0.05) is 18.6 Å². The van der Waals surface area contributed by atoms with E-state index in [1.54, 1.807) is 0 Å². The number of hydrogen-bond acceptors (Lipinski definition) is 3. The molecule has 0 bridgehead atoms. The second-order valence-electron chi connectivity index (χ2n) is 5.81. The molecule has 1 aliphatic heterocycles. The molecule has 4 unspecified atom stereocenters. The molecule has 2 fully saturated rings. The van der Waals surface area contributed by atoms with Gasteiger partial charge in [-0.3, -0.25) is 9.59 Å². The highest BCUT2D eigenvalue weighted by molar-refractivity contribution is 5.80. The van der Waals surface area contributed by atoms with Crippen LogP contribution in [0.1, 0.15) is 45.4 Å². The maximum Gasteiger partial charge on any atom is 0.306 e. The summed E-state index contributed by atoms with van der Waals surface area (Å²) >= 11 is 0. The lowest BCUT2D eigenvalue weighted by Crippen LogP contribution is -2.45. The van der Waals surface area contributed by atoms with E-state index in [4.69, 9.17) is 9.84 Å². The van der Waals surface area contributed by atoms with Crippen molar-refractivity contribution in [2.24, 2.45) is 11.8 Å². The van der Waals surface area contributed by atoms with Gasteiger partial charge in [-0.05, 0) is 39.0 Å². The first-order valence-electron chi connectivity index (χ1n) is 7.21. The average molecular weight is 269 g/mol. The Morgan fingerprint density at radius 1 is 1.16 bits per heavy atom. The number of carboxylic acid groups (broad SMARTS) is 1. The number of ether oxygens (including phenoxy) is 1. The van der Waals surface area contributed by atoms with Crippen molar-refractivity contribution >= 4 is 11.9 Å². The zero-order valence-corrected chi connectivity index (χ0v) is 11.4. The van der Waals surface area contributed by atoms with Gasteiger partial charge in [0.2, 0.25) is 5.91 Å². The fraction of sp³-hybridized carbons (Fsp3) is 0.857. The van der Waals surface area contributed by atoms with Crippen molar-refractivity contribution in [3.8, 4) is 0 Å². The van der Waals surface area contributed by atoms with Crippen LogP contribution in [0.5, 0.6) is 0 Å². The predicted octanol–water partition coefficient (Wildman–Crippen LogP) is 1.56. The van der Waals surface area contributed by atoms with Gasteiger partial charge < -0.3 is 15.2 Å². The van der Waals surface area contributed by atoms with Crippen molar-refractivity contribution in [1.29, 1.82) is 0 Å². The summed E-state index contributed by atoms with van der Waals surface area (Å²) in [7, 11) is 0. The van der Waals surface area contributed by atoms with Crippen molar-refractivity contribution in [3.63, 3.8) is 0 Å². The molecule has 0 aromatic rings. The third kappa shape index (κ3) is 3.93. The number of aliphatic carboxylic acids is 1. The van der Waals surface area contributed by atoms with E-state index < -0.39 is 5.97 Å². The molecule has 1 aliphatic carbocycles. The predicted molar refractivity (Wildman–Crippen MR) is 69.7 cm³/mol. The fourth-order valence-electron chi connectivity index (χ4n) is 3.10. The minimum atomic E-state index is -0.766. The Morgan fingerprint density at radius 2 is 1.89 bits per heavy atom. The molecule has 5 heteroatoms. The van der Waals surface area contributed by atoms with Gasteiger partial charge in [0.15, 0.2) is 0 Å². The van der Waals surface area contributed by atoms with Crippen LogP contribution < -0.4 is 5.32 Å². The van der Waals surface area contributed by atoms with Gasteiger partial charge >= 0.3 is 5.97 Å². The molecule has 5 nitrogen and oxygen atoms in total. The monoisotopic (exact) mass is 269 g/mol. The molecule has 1 amide bonds. The molecule has 19 heavy (non-hydrogen) atoms. The van der Waals surface area contributed by atoms with Gasteiger partial charge in [0.05, 0.1) is 12.0 Å². The minimum Gasteiger partial charge on any atom is -0.481 e. The molecule has 0 spiro atoms. The molecule has 108 valence electrons. The molecule has 1 saturated heterocycles. The van der Waals surface area contributed by atoms with Crippen LogP contribution in [0.3, 0.4) is 0 Å². The Labute approximate surface area is 113 Å². The van der Waals surface area contributed by atoms with E-state index in [1.807, 2.05) is 6.92 Å². The standard InChI is InChI=1S/C14H23NO4/c1-9-7-12(5-6-19-9)15-13(16)10-3-2-4-11(8-10)14(17)18/h9-12H,2-8H2,1H3,(H,15,16)(H,17,18). The first kappa shape index (κ1) is 14.3. The second kappa shape index (κ2) is 6.37. The molecule has 0 aromatic heterocycles. The lowest BCUT2D eigenvalue weighted by molar-refractivity contribution is -0.144. The number of carbonyl (C=O) groups excluding carboxylic acids is 1. The lowest BCUT2D eigenvalue weighted by Gasteiger charge is -2.31. The molecule has 1 saturated carbocycles. The van der Waals surface area contributed by atoms with E-state index in [0.717, 1.165) is 25.7 Å². The highest BCUT2D eigenvalue weighted by atomic mass is 16.5. The third-order valence-corrected chi connectivity index (χ3v) is 4.23. The van der Waals surface area contributed by atoms with Gasteiger partial charge in [-0.15, -0.1) is 0 Å². The summed E-state index contributed by atoms with van der Waals surface area (Å²) < 4.78 is 5.45. The third-order valence-electron chi connectivity index (χ3n) is 4.23. The van der Waals surface area contributed by atoms with Crippen LogP contribution >= 0.6 is 0 Å². The molecule has 2 aliphatic rings. The van der Waals surface area contributed by atoms with Crippen molar-refractivity contribution in [2.45, 2.75) is 57.6 Å². The summed E-state index contributed by atoms with van der Waals surface area (Å²) in [4.78, 5) is 23.2. The van der Waals surface area contributed by atoms with Crippen LogP contribution in [0.4, 0.5) is 0 Å². The fourth-order valence-corrected chi connectivity index (χ4v) is 3.10. The molecule has 0 aromatic carbocycles. The van der Waals surface area contributed by atoms with Crippen molar-refractivity contribution in [1.82, 2.24) is 5.32 Å². The normalized spacial score (nSPS) is 35.6. The maximum absolute atomic E-state index is 12.2. The Balaban J connectivity index is 1.83. The smallest absolute Gasteiger partial charge is 0.306 e. The van der Waals surface area contributed by atoms with E-state index in [1.165, 1.54) is 0 Å². The van der Waals surface area contributed by atoms with Crippen LogP contribution in [0, 0.1) is 11.8 Å². The number of carbonyl (C=O) groups is 2. The Hall–Kier alpha value is -1.10. The average Bonchev–Trinajstić information content (AvgIpc) is 2.39. The summed E-state index contributed by atoms with van der Waals surface area (Å²) in [5.41, 5.74) is 0. The quantitative estimate of drug-likeness (QED) is 0.815.